The molecule has 8 heteroatoms. The van der Waals surface area contributed by atoms with Gasteiger partial charge in [-0.3, -0.25) is 24.0 Å². The zero-order valence-electron chi connectivity index (χ0n) is 15.4. The largest absolute Gasteiger partial charge is 0.282 e. The van der Waals surface area contributed by atoms with Crippen molar-refractivity contribution in [2.75, 3.05) is 12.3 Å². The zero-order chi connectivity index (χ0) is 19.5. The molecule has 0 radical (unpaired) electrons. The maximum Gasteiger partial charge on any atom is 0.229 e. The van der Waals surface area contributed by atoms with Crippen molar-refractivity contribution in [1.29, 1.82) is 0 Å². The fourth-order valence-corrected chi connectivity index (χ4v) is 3.95. The molecule has 0 atom stereocenters. The van der Waals surface area contributed by atoms with Crippen LogP contribution in [0.5, 0.6) is 0 Å². The number of hydrogen-bond donors (Lipinski definition) is 0. The molecular formula is C20H19N5O2S. The predicted octanol–water partition coefficient (Wildman–Crippen LogP) is 2.88. The van der Waals surface area contributed by atoms with Crippen LogP contribution >= 0.6 is 11.8 Å². The van der Waals surface area contributed by atoms with Crippen LogP contribution in [-0.4, -0.2) is 48.8 Å². The summed E-state index contributed by atoms with van der Waals surface area (Å²) >= 11 is 1.48. The number of thioether (sulfide) groups is 1. The topological polar surface area (TPSA) is 81.0 Å². The molecular weight excluding hydrogens is 374 g/mol. The summed E-state index contributed by atoms with van der Waals surface area (Å²) in [6.07, 6.45) is 4.08. The smallest absolute Gasteiger partial charge is 0.229 e. The van der Waals surface area contributed by atoms with Crippen LogP contribution in [-0.2, 0) is 9.59 Å². The van der Waals surface area contributed by atoms with Crippen molar-refractivity contribution >= 4 is 23.6 Å². The van der Waals surface area contributed by atoms with E-state index in [1.165, 1.54) is 22.2 Å². The van der Waals surface area contributed by atoms with E-state index in [4.69, 9.17) is 0 Å². The second kappa shape index (κ2) is 7.93. The van der Waals surface area contributed by atoms with Crippen LogP contribution < -0.4 is 0 Å². The quantitative estimate of drug-likeness (QED) is 0.473. The number of carbonyl (C=O) groups excluding carboxylic acids is 2. The summed E-state index contributed by atoms with van der Waals surface area (Å²) in [6.45, 7) is 2.42. The first kappa shape index (κ1) is 18.4. The van der Waals surface area contributed by atoms with Gasteiger partial charge >= 0.3 is 0 Å². The predicted molar refractivity (Wildman–Crippen MR) is 106 cm³/mol. The first-order valence-electron chi connectivity index (χ1n) is 9.02. The lowest BCUT2D eigenvalue weighted by Gasteiger charge is -2.14. The molecule has 2 aromatic heterocycles. The molecule has 0 spiro atoms. The van der Waals surface area contributed by atoms with E-state index in [0.29, 0.717) is 25.1 Å². The molecule has 1 fully saturated rings. The van der Waals surface area contributed by atoms with Crippen LogP contribution in [0.3, 0.4) is 0 Å². The van der Waals surface area contributed by atoms with Crippen LogP contribution in [0, 0.1) is 6.92 Å². The van der Waals surface area contributed by atoms with Gasteiger partial charge in [0.2, 0.25) is 11.8 Å². The minimum Gasteiger partial charge on any atom is -0.282 e. The summed E-state index contributed by atoms with van der Waals surface area (Å²) in [4.78, 5) is 29.0. The van der Waals surface area contributed by atoms with Crippen LogP contribution in [0.1, 0.15) is 18.4 Å². The Hall–Kier alpha value is -3.00. The van der Waals surface area contributed by atoms with Crippen molar-refractivity contribution in [1.82, 2.24) is 24.6 Å². The van der Waals surface area contributed by atoms with Gasteiger partial charge in [-0.1, -0.05) is 29.5 Å². The summed E-state index contributed by atoms with van der Waals surface area (Å²) in [5.41, 5.74) is 3.04. The van der Waals surface area contributed by atoms with Gasteiger partial charge in [0.15, 0.2) is 11.0 Å². The highest BCUT2D eigenvalue weighted by molar-refractivity contribution is 7.99. The number of hydrogen-bond acceptors (Lipinski definition) is 6. The molecule has 4 rings (SSSR count). The third-order valence-corrected chi connectivity index (χ3v) is 5.47. The summed E-state index contributed by atoms with van der Waals surface area (Å²) in [7, 11) is 0. The number of pyridine rings is 1. The van der Waals surface area contributed by atoms with Gasteiger partial charge in [0.05, 0.1) is 0 Å². The van der Waals surface area contributed by atoms with Crippen LogP contribution in [0.15, 0.2) is 53.9 Å². The maximum atomic E-state index is 11.8. The van der Waals surface area contributed by atoms with E-state index in [1.54, 1.807) is 12.4 Å². The highest BCUT2D eigenvalue weighted by atomic mass is 32.2. The first-order chi connectivity index (χ1) is 13.6. The number of aromatic nitrogens is 4. The number of carbonyl (C=O) groups is 2. The van der Waals surface area contributed by atoms with Crippen molar-refractivity contribution in [3.8, 4) is 17.1 Å². The molecule has 1 saturated heterocycles. The second-order valence-corrected chi connectivity index (χ2v) is 7.56. The number of benzene rings is 1. The van der Waals surface area contributed by atoms with Gasteiger partial charge in [0.25, 0.3) is 0 Å². The van der Waals surface area contributed by atoms with Crippen molar-refractivity contribution in [2.24, 2.45) is 0 Å². The van der Waals surface area contributed by atoms with Crippen molar-refractivity contribution in [3.05, 3.63) is 54.4 Å². The average Bonchev–Trinajstić information content (AvgIpc) is 3.27. The molecule has 1 aromatic carbocycles. The molecule has 0 saturated carbocycles. The standard InChI is InChI=1S/C20H19N5O2S/c1-14-2-4-16(5-3-14)25-19(15-8-10-21-11-9-15)22-23-20(25)28-13-12-24-17(26)6-7-18(24)27/h2-5,8-11H,6-7,12-13H2,1H3. The Morgan fingerprint density at radius 3 is 2.32 bits per heavy atom. The van der Waals surface area contributed by atoms with E-state index in [9.17, 15) is 9.59 Å². The van der Waals surface area contributed by atoms with E-state index in [2.05, 4.69) is 15.2 Å². The van der Waals surface area contributed by atoms with Crippen LogP contribution in [0.2, 0.25) is 0 Å². The lowest BCUT2D eigenvalue weighted by atomic mass is 10.2. The van der Waals surface area contributed by atoms with Crippen LogP contribution in [0.25, 0.3) is 17.1 Å². The van der Waals surface area contributed by atoms with E-state index >= 15 is 0 Å². The number of imide groups is 1. The van der Waals surface area contributed by atoms with Gasteiger partial charge in [0, 0.05) is 48.8 Å². The number of likely N-dealkylation sites (tertiary alicyclic amines) is 1. The normalized spacial score (nSPS) is 14.1. The molecule has 0 N–H and O–H groups in total. The molecule has 2 amide bonds. The van der Waals surface area contributed by atoms with E-state index in [1.807, 2.05) is 47.9 Å². The molecule has 1 aliphatic rings. The Morgan fingerprint density at radius 2 is 1.64 bits per heavy atom. The molecule has 0 aliphatic carbocycles. The van der Waals surface area contributed by atoms with Crippen LogP contribution in [0.4, 0.5) is 0 Å². The molecule has 0 unspecified atom stereocenters. The van der Waals surface area contributed by atoms with E-state index < -0.39 is 0 Å². The molecule has 0 bridgehead atoms. The lowest BCUT2D eigenvalue weighted by molar-refractivity contribution is -0.137. The fourth-order valence-electron chi connectivity index (χ4n) is 3.08. The molecule has 7 nitrogen and oxygen atoms in total. The summed E-state index contributed by atoms with van der Waals surface area (Å²) < 4.78 is 1.99. The van der Waals surface area contributed by atoms with Gasteiger partial charge in [0.1, 0.15) is 0 Å². The zero-order valence-corrected chi connectivity index (χ0v) is 16.2. The Balaban J connectivity index is 1.62. The lowest BCUT2D eigenvalue weighted by Crippen LogP contribution is -2.31. The number of rotatable bonds is 6. The Kier molecular flexibility index (Phi) is 5.21. The fraction of sp³-hybridized carbons (Fsp3) is 0.250. The summed E-state index contributed by atoms with van der Waals surface area (Å²) in [5, 5.41) is 9.46. The monoisotopic (exact) mass is 393 g/mol. The average molecular weight is 393 g/mol. The molecule has 142 valence electrons. The van der Waals surface area contributed by atoms with Crippen molar-refractivity contribution in [2.45, 2.75) is 24.9 Å². The molecule has 3 heterocycles. The van der Waals surface area contributed by atoms with Gasteiger partial charge in [-0.25, -0.2) is 0 Å². The minimum absolute atomic E-state index is 0.0944. The summed E-state index contributed by atoms with van der Waals surface area (Å²) in [5.74, 6) is 1.10. The van der Waals surface area contributed by atoms with Gasteiger partial charge in [-0.2, -0.15) is 0 Å². The number of aryl methyl sites for hydroxylation is 1. The molecule has 3 aromatic rings. The molecule has 1 aliphatic heterocycles. The Morgan fingerprint density at radius 1 is 0.964 bits per heavy atom. The number of amides is 2. The maximum absolute atomic E-state index is 11.8. The SMILES string of the molecule is Cc1ccc(-n2c(SCCN3C(=O)CCC3=O)nnc2-c2ccncc2)cc1. The van der Waals surface area contributed by atoms with Crippen molar-refractivity contribution in [3.63, 3.8) is 0 Å². The van der Waals surface area contributed by atoms with Gasteiger partial charge in [-0.15, -0.1) is 10.2 Å². The molecule has 28 heavy (non-hydrogen) atoms. The third-order valence-electron chi connectivity index (χ3n) is 4.56. The Labute approximate surface area is 166 Å². The minimum atomic E-state index is -0.0944. The van der Waals surface area contributed by atoms with Gasteiger partial charge < -0.3 is 0 Å². The van der Waals surface area contributed by atoms with Gasteiger partial charge in [-0.05, 0) is 31.2 Å². The third kappa shape index (κ3) is 3.68. The van der Waals surface area contributed by atoms with E-state index in [0.717, 1.165) is 22.2 Å². The Bertz CT molecular complexity index is 985. The summed E-state index contributed by atoms with van der Waals surface area (Å²) in [6, 6.07) is 11.9. The second-order valence-electron chi connectivity index (χ2n) is 6.50. The van der Waals surface area contributed by atoms with E-state index in [-0.39, 0.29) is 11.8 Å². The number of nitrogens with zero attached hydrogens (tertiary/aromatic N) is 5. The van der Waals surface area contributed by atoms with Crippen molar-refractivity contribution < 1.29 is 9.59 Å². The highest BCUT2D eigenvalue weighted by Gasteiger charge is 2.28. The highest BCUT2D eigenvalue weighted by Crippen LogP contribution is 2.28. The first-order valence-corrected chi connectivity index (χ1v) is 10.0.